The first-order valence-electron chi connectivity index (χ1n) is 7.70. The normalized spacial score (nSPS) is 24.7. The highest BCUT2D eigenvalue weighted by Crippen LogP contribution is 2.25. The van der Waals surface area contributed by atoms with Gasteiger partial charge in [-0.2, -0.15) is 0 Å². The summed E-state index contributed by atoms with van der Waals surface area (Å²) < 4.78 is 0. The van der Waals surface area contributed by atoms with Crippen molar-refractivity contribution in [2.75, 3.05) is 20.1 Å². The van der Waals surface area contributed by atoms with Crippen LogP contribution in [-0.2, 0) is 0 Å². The zero-order valence-corrected chi connectivity index (χ0v) is 13.1. The van der Waals surface area contributed by atoms with Crippen molar-refractivity contribution in [2.24, 2.45) is 5.92 Å². The molecule has 5 heteroatoms. The van der Waals surface area contributed by atoms with Gasteiger partial charge >= 0.3 is 0 Å². The minimum Gasteiger partial charge on any atom is -0.307 e. The van der Waals surface area contributed by atoms with E-state index in [4.69, 9.17) is 0 Å². The summed E-state index contributed by atoms with van der Waals surface area (Å²) >= 11 is 0. The minimum absolute atomic E-state index is 0.171. The molecule has 21 heavy (non-hydrogen) atoms. The molecule has 3 unspecified atom stereocenters. The van der Waals surface area contributed by atoms with Gasteiger partial charge in [0.25, 0.3) is 5.69 Å². The maximum atomic E-state index is 10.9. The lowest BCUT2D eigenvalue weighted by Crippen LogP contribution is -2.47. The lowest BCUT2D eigenvalue weighted by molar-refractivity contribution is -0.384. The average Bonchev–Trinajstić information content (AvgIpc) is 2.46. The number of nitrogens with one attached hydrogen (secondary N) is 1. The number of rotatable bonds is 5. The van der Waals surface area contributed by atoms with E-state index < -0.39 is 0 Å². The van der Waals surface area contributed by atoms with Crippen LogP contribution in [0.15, 0.2) is 24.3 Å². The Kier molecular flexibility index (Phi) is 5.31. The Morgan fingerprint density at radius 1 is 1.52 bits per heavy atom. The summed E-state index contributed by atoms with van der Waals surface area (Å²) in [5.74, 6) is 0.594. The number of nitrogens with zero attached hydrogens (tertiary/aromatic N) is 2. The monoisotopic (exact) mass is 291 g/mol. The summed E-state index contributed by atoms with van der Waals surface area (Å²) in [5, 5.41) is 14.6. The van der Waals surface area contributed by atoms with Gasteiger partial charge in [-0.25, -0.2) is 0 Å². The first-order valence-corrected chi connectivity index (χ1v) is 7.70. The van der Waals surface area contributed by atoms with Crippen LogP contribution in [0.1, 0.15) is 38.3 Å². The SMILES string of the molecule is CCC(NC1CCN(C)CC1C)c1cccc([N+](=O)[O-])c1. The molecule has 1 aliphatic heterocycles. The fourth-order valence-corrected chi connectivity index (χ4v) is 3.17. The fraction of sp³-hybridized carbons (Fsp3) is 0.625. The molecular formula is C16H25N3O2. The third-order valence-electron chi connectivity index (χ3n) is 4.42. The molecule has 1 fully saturated rings. The Morgan fingerprint density at radius 3 is 2.90 bits per heavy atom. The van der Waals surface area contributed by atoms with E-state index in [0.29, 0.717) is 12.0 Å². The zero-order chi connectivity index (χ0) is 15.4. The number of nitro groups is 1. The van der Waals surface area contributed by atoms with Gasteiger partial charge in [-0.15, -0.1) is 0 Å². The first kappa shape index (κ1) is 15.9. The highest BCUT2D eigenvalue weighted by molar-refractivity contribution is 5.35. The standard InChI is InChI=1S/C16H25N3O2/c1-4-15(13-6-5-7-14(10-13)19(20)21)17-16-8-9-18(3)11-12(16)2/h5-7,10,12,15-17H,4,8-9,11H2,1-3H3. The lowest BCUT2D eigenvalue weighted by Gasteiger charge is -2.37. The van der Waals surface area contributed by atoms with Crippen LogP contribution in [0.3, 0.4) is 0 Å². The van der Waals surface area contributed by atoms with Crippen LogP contribution in [0.2, 0.25) is 0 Å². The molecule has 1 aromatic rings. The van der Waals surface area contributed by atoms with Crippen LogP contribution >= 0.6 is 0 Å². The molecule has 0 saturated carbocycles. The molecule has 0 bridgehead atoms. The number of hydrogen-bond acceptors (Lipinski definition) is 4. The molecule has 116 valence electrons. The Labute approximate surface area is 126 Å². The van der Waals surface area contributed by atoms with Gasteiger partial charge in [0.05, 0.1) is 4.92 Å². The lowest BCUT2D eigenvalue weighted by atomic mass is 9.92. The molecule has 3 atom stereocenters. The number of likely N-dealkylation sites (tertiary alicyclic amines) is 1. The summed E-state index contributed by atoms with van der Waals surface area (Å²) in [5.41, 5.74) is 1.18. The van der Waals surface area contributed by atoms with Gasteiger partial charge in [-0.1, -0.05) is 26.0 Å². The topological polar surface area (TPSA) is 58.4 Å². The summed E-state index contributed by atoms with van der Waals surface area (Å²) in [7, 11) is 2.16. The largest absolute Gasteiger partial charge is 0.307 e. The Hall–Kier alpha value is -1.46. The van der Waals surface area contributed by atoms with Crippen LogP contribution in [0.25, 0.3) is 0 Å². The van der Waals surface area contributed by atoms with Crippen molar-refractivity contribution in [1.82, 2.24) is 10.2 Å². The molecule has 1 aliphatic rings. The maximum absolute atomic E-state index is 10.9. The molecule has 1 heterocycles. The Balaban J connectivity index is 2.09. The van der Waals surface area contributed by atoms with Crippen LogP contribution in [0.5, 0.6) is 0 Å². The molecule has 0 amide bonds. The zero-order valence-electron chi connectivity index (χ0n) is 13.1. The molecule has 1 N–H and O–H groups in total. The summed E-state index contributed by atoms with van der Waals surface area (Å²) in [4.78, 5) is 13.0. The van der Waals surface area contributed by atoms with Crippen LogP contribution in [-0.4, -0.2) is 36.0 Å². The summed E-state index contributed by atoms with van der Waals surface area (Å²) in [6, 6.07) is 7.66. The van der Waals surface area contributed by atoms with E-state index in [0.717, 1.165) is 31.5 Å². The summed E-state index contributed by atoms with van der Waals surface area (Å²) in [6.45, 7) is 6.60. The van der Waals surface area contributed by atoms with E-state index in [1.807, 2.05) is 6.07 Å². The third kappa shape index (κ3) is 4.02. The van der Waals surface area contributed by atoms with E-state index in [1.54, 1.807) is 18.2 Å². The number of hydrogen-bond donors (Lipinski definition) is 1. The van der Waals surface area contributed by atoms with E-state index in [9.17, 15) is 10.1 Å². The molecule has 0 spiro atoms. The van der Waals surface area contributed by atoms with Gasteiger partial charge in [-0.3, -0.25) is 10.1 Å². The van der Waals surface area contributed by atoms with Crippen molar-refractivity contribution in [3.05, 3.63) is 39.9 Å². The van der Waals surface area contributed by atoms with E-state index in [1.165, 1.54) is 0 Å². The number of nitro benzene ring substituents is 1. The molecule has 0 radical (unpaired) electrons. The van der Waals surface area contributed by atoms with Crippen molar-refractivity contribution in [2.45, 2.75) is 38.8 Å². The van der Waals surface area contributed by atoms with E-state index in [2.05, 4.69) is 31.1 Å². The van der Waals surface area contributed by atoms with E-state index in [-0.39, 0.29) is 16.7 Å². The predicted molar refractivity (Wildman–Crippen MR) is 84.3 cm³/mol. The van der Waals surface area contributed by atoms with Crippen molar-refractivity contribution in [3.63, 3.8) is 0 Å². The summed E-state index contributed by atoms with van der Waals surface area (Å²) in [6.07, 6.45) is 2.06. The molecular weight excluding hydrogens is 266 g/mol. The van der Waals surface area contributed by atoms with Crippen LogP contribution in [0.4, 0.5) is 5.69 Å². The smallest absolute Gasteiger partial charge is 0.269 e. The number of benzene rings is 1. The van der Waals surface area contributed by atoms with Gasteiger partial charge in [0.2, 0.25) is 0 Å². The van der Waals surface area contributed by atoms with Crippen LogP contribution in [0, 0.1) is 16.0 Å². The highest BCUT2D eigenvalue weighted by Gasteiger charge is 2.26. The van der Waals surface area contributed by atoms with Gasteiger partial charge in [0.1, 0.15) is 0 Å². The van der Waals surface area contributed by atoms with Gasteiger partial charge in [0, 0.05) is 30.8 Å². The highest BCUT2D eigenvalue weighted by atomic mass is 16.6. The quantitative estimate of drug-likeness (QED) is 0.669. The maximum Gasteiger partial charge on any atom is 0.269 e. The van der Waals surface area contributed by atoms with Gasteiger partial charge in [-0.05, 0) is 37.9 Å². The molecule has 1 aromatic carbocycles. The van der Waals surface area contributed by atoms with Crippen molar-refractivity contribution < 1.29 is 4.92 Å². The molecule has 2 rings (SSSR count). The first-order chi connectivity index (χ1) is 10.0. The average molecular weight is 291 g/mol. The van der Waals surface area contributed by atoms with Crippen LogP contribution < -0.4 is 5.32 Å². The second kappa shape index (κ2) is 7.00. The molecule has 1 saturated heterocycles. The second-order valence-corrected chi connectivity index (χ2v) is 6.11. The fourth-order valence-electron chi connectivity index (χ4n) is 3.17. The van der Waals surface area contributed by atoms with Crippen molar-refractivity contribution >= 4 is 5.69 Å². The van der Waals surface area contributed by atoms with Gasteiger partial charge in [0.15, 0.2) is 0 Å². The minimum atomic E-state index is -0.325. The Bertz CT molecular complexity index is 492. The van der Waals surface area contributed by atoms with Crippen molar-refractivity contribution in [1.29, 1.82) is 0 Å². The number of non-ortho nitro benzene ring substituents is 1. The van der Waals surface area contributed by atoms with Crippen molar-refractivity contribution in [3.8, 4) is 0 Å². The molecule has 0 aromatic heterocycles. The molecule has 5 nitrogen and oxygen atoms in total. The third-order valence-corrected chi connectivity index (χ3v) is 4.42. The molecule has 0 aliphatic carbocycles. The number of piperidine rings is 1. The second-order valence-electron chi connectivity index (χ2n) is 6.11. The van der Waals surface area contributed by atoms with E-state index >= 15 is 0 Å². The Morgan fingerprint density at radius 2 is 2.29 bits per heavy atom. The van der Waals surface area contributed by atoms with Gasteiger partial charge < -0.3 is 10.2 Å². The predicted octanol–water partition coefficient (Wildman–Crippen LogP) is 2.98.